The number of sulfone groups is 1. The second-order valence-corrected chi connectivity index (χ2v) is 7.33. The van der Waals surface area contributed by atoms with E-state index in [-0.39, 0.29) is 5.41 Å². The number of rotatable bonds is 6. The van der Waals surface area contributed by atoms with Crippen molar-refractivity contribution in [2.45, 2.75) is 26.3 Å². The van der Waals surface area contributed by atoms with E-state index in [1.807, 2.05) is 19.1 Å². The highest BCUT2D eigenvalue weighted by Crippen LogP contribution is 2.46. The second kappa shape index (κ2) is 4.46. The number of hydrogen-bond donors (Lipinski definition) is 1. The van der Waals surface area contributed by atoms with E-state index in [1.165, 1.54) is 6.26 Å². The first-order valence-electron chi connectivity index (χ1n) is 5.82. The maximum Gasteiger partial charge on any atom is 0.148 e. The van der Waals surface area contributed by atoms with E-state index < -0.39 is 9.84 Å². The SMILES string of the molecule is Cc1ccc(CNCC2(CS(C)(=O)=O)CC2)o1. The lowest BCUT2D eigenvalue weighted by atomic mass is 10.1. The van der Waals surface area contributed by atoms with Crippen LogP contribution in [-0.2, 0) is 16.4 Å². The fourth-order valence-electron chi connectivity index (χ4n) is 2.14. The van der Waals surface area contributed by atoms with Crippen LogP contribution in [0, 0.1) is 12.3 Å². The van der Waals surface area contributed by atoms with Crippen LogP contribution < -0.4 is 5.32 Å². The van der Waals surface area contributed by atoms with Crippen molar-refractivity contribution in [2.24, 2.45) is 5.41 Å². The maximum atomic E-state index is 11.3. The molecule has 96 valence electrons. The molecule has 0 aromatic carbocycles. The summed E-state index contributed by atoms with van der Waals surface area (Å²) in [6.45, 7) is 3.33. The Balaban J connectivity index is 1.79. The zero-order valence-electron chi connectivity index (χ0n) is 10.3. The molecule has 1 saturated carbocycles. The van der Waals surface area contributed by atoms with E-state index in [0.29, 0.717) is 12.3 Å². The fourth-order valence-corrected chi connectivity index (χ4v) is 3.64. The lowest BCUT2D eigenvalue weighted by Crippen LogP contribution is -2.28. The predicted molar refractivity (Wildman–Crippen MR) is 66.5 cm³/mol. The van der Waals surface area contributed by atoms with Crippen molar-refractivity contribution in [3.63, 3.8) is 0 Å². The summed E-state index contributed by atoms with van der Waals surface area (Å²) >= 11 is 0. The van der Waals surface area contributed by atoms with Crippen LogP contribution in [0.25, 0.3) is 0 Å². The summed E-state index contributed by atoms with van der Waals surface area (Å²) in [5.74, 6) is 2.10. The highest BCUT2D eigenvalue weighted by molar-refractivity contribution is 7.90. The molecule has 0 radical (unpaired) electrons. The van der Waals surface area contributed by atoms with E-state index in [9.17, 15) is 8.42 Å². The lowest BCUT2D eigenvalue weighted by molar-refractivity contribution is 0.434. The molecule has 1 aliphatic carbocycles. The third kappa shape index (κ3) is 3.85. The Morgan fingerprint density at radius 3 is 2.59 bits per heavy atom. The lowest BCUT2D eigenvalue weighted by Gasteiger charge is -2.14. The van der Waals surface area contributed by atoms with Gasteiger partial charge in [0, 0.05) is 12.8 Å². The summed E-state index contributed by atoms with van der Waals surface area (Å²) in [5, 5.41) is 3.28. The van der Waals surface area contributed by atoms with Crippen LogP contribution in [0.1, 0.15) is 24.4 Å². The summed E-state index contributed by atoms with van der Waals surface area (Å²) in [4.78, 5) is 0. The molecular formula is C12H19NO3S. The first-order chi connectivity index (χ1) is 7.89. The normalized spacial score (nSPS) is 18.2. The summed E-state index contributed by atoms with van der Waals surface area (Å²) in [6.07, 6.45) is 3.32. The summed E-state index contributed by atoms with van der Waals surface area (Å²) < 4.78 is 28.0. The zero-order chi connectivity index (χ0) is 12.5. The van der Waals surface area contributed by atoms with Gasteiger partial charge in [-0.1, -0.05) is 0 Å². The summed E-state index contributed by atoms with van der Waals surface area (Å²) in [7, 11) is -2.87. The summed E-state index contributed by atoms with van der Waals surface area (Å²) in [5.41, 5.74) is -0.0186. The van der Waals surface area contributed by atoms with Gasteiger partial charge in [-0.2, -0.15) is 0 Å². The van der Waals surface area contributed by atoms with Crippen molar-refractivity contribution >= 4 is 9.84 Å². The third-order valence-electron chi connectivity index (χ3n) is 3.12. The van der Waals surface area contributed by atoms with Gasteiger partial charge in [-0.3, -0.25) is 0 Å². The van der Waals surface area contributed by atoms with Gasteiger partial charge in [0.25, 0.3) is 0 Å². The highest BCUT2D eigenvalue weighted by Gasteiger charge is 2.44. The molecule has 1 aromatic heterocycles. The van der Waals surface area contributed by atoms with Gasteiger partial charge in [0.2, 0.25) is 0 Å². The van der Waals surface area contributed by atoms with Crippen molar-refractivity contribution < 1.29 is 12.8 Å². The fraction of sp³-hybridized carbons (Fsp3) is 0.667. The molecule has 1 heterocycles. The quantitative estimate of drug-likeness (QED) is 0.839. The Kier molecular flexibility index (Phi) is 3.32. The molecule has 2 rings (SSSR count). The Hall–Kier alpha value is -0.810. The van der Waals surface area contributed by atoms with Gasteiger partial charge in [-0.15, -0.1) is 0 Å². The third-order valence-corrected chi connectivity index (χ3v) is 4.26. The Morgan fingerprint density at radius 1 is 1.41 bits per heavy atom. The van der Waals surface area contributed by atoms with E-state index in [2.05, 4.69) is 5.32 Å². The van der Waals surface area contributed by atoms with Gasteiger partial charge in [0.15, 0.2) is 0 Å². The van der Waals surface area contributed by atoms with Gasteiger partial charge in [-0.05, 0) is 37.3 Å². The van der Waals surface area contributed by atoms with Crippen molar-refractivity contribution in [1.29, 1.82) is 0 Å². The van der Waals surface area contributed by atoms with Gasteiger partial charge >= 0.3 is 0 Å². The monoisotopic (exact) mass is 257 g/mol. The molecule has 0 aliphatic heterocycles. The van der Waals surface area contributed by atoms with Gasteiger partial charge < -0.3 is 9.73 Å². The van der Waals surface area contributed by atoms with Crippen molar-refractivity contribution in [3.8, 4) is 0 Å². The van der Waals surface area contributed by atoms with Crippen LogP contribution in [0.15, 0.2) is 16.5 Å². The maximum absolute atomic E-state index is 11.3. The predicted octanol–water partition coefficient (Wildman–Crippen LogP) is 1.50. The van der Waals surface area contributed by atoms with Gasteiger partial charge in [0.05, 0.1) is 12.3 Å². The van der Waals surface area contributed by atoms with Crippen LogP contribution in [0.4, 0.5) is 0 Å². The van der Waals surface area contributed by atoms with Crippen LogP contribution in [0.2, 0.25) is 0 Å². The minimum Gasteiger partial charge on any atom is -0.465 e. The topological polar surface area (TPSA) is 59.3 Å². The Labute approximate surface area is 102 Å². The molecule has 1 aliphatic rings. The van der Waals surface area contributed by atoms with Gasteiger partial charge in [-0.25, -0.2) is 8.42 Å². The molecule has 0 unspecified atom stereocenters. The molecule has 0 saturated heterocycles. The first-order valence-corrected chi connectivity index (χ1v) is 7.88. The largest absolute Gasteiger partial charge is 0.465 e. The standard InChI is InChI=1S/C12H19NO3S/c1-10-3-4-11(16-10)7-13-8-12(5-6-12)9-17(2,14)15/h3-4,13H,5-9H2,1-2H3. The molecule has 0 atom stereocenters. The number of nitrogens with one attached hydrogen (secondary N) is 1. The molecule has 1 fully saturated rings. The molecular weight excluding hydrogens is 238 g/mol. The molecule has 5 heteroatoms. The van der Waals surface area contributed by atoms with Crippen molar-refractivity contribution in [3.05, 3.63) is 23.7 Å². The number of aryl methyl sites for hydroxylation is 1. The number of furan rings is 1. The first kappa shape index (κ1) is 12.6. The Bertz CT molecular complexity index is 486. The minimum absolute atomic E-state index is 0.0186. The van der Waals surface area contributed by atoms with Gasteiger partial charge in [0.1, 0.15) is 21.4 Å². The smallest absolute Gasteiger partial charge is 0.148 e. The van der Waals surface area contributed by atoms with Crippen LogP contribution in [-0.4, -0.2) is 27.0 Å². The molecule has 4 nitrogen and oxygen atoms in total. The molecule has 1 N–H and O–H groups in total. The minimum atomic E-state index is -2.87. The second-order valence-electron chi connectivity index (χ2n) is 5.19. The van der Waals surface area contributed by atoms with E-state index >= 15 is 0 Å². The molecule has 0 bridgehead atoms. The van der Waals surface area contributed by atoms with Crippen LogP contribution >= 0.6 is 0 Å². The molecule has 1 aromatic rings. The van der Waals surface area contributed by atoms with Crippen LogP contribution in [0.3, 0.4) is 0 Å². The van der Waals surface area contributed by atoms with Crippen molar-refractivity contribution in [1.82, 2.24) is 5.32 Å². The van der Waals surface area contributed by atoms with Crippen LogP contribution in [0.5, 0.6) is 0 Å². The van der Waals surface area contributed by atoms with Crippen molar-refractivity contribution in [2.75, 3.05) is 18.6 Å². The zero-order valence-corrected chi connectivity index (χ0v) is 11.1. The Morgan fingerprint density at radius 2 is 2.12 bits per heavy atom. The average molecular weight is 257 g/mol. The van der Waals surface area contributed by atoms with E-state index in [1.54, 1.807) is 0 Å². The molecule has 0 amide bonds. The average Bonchev–Trinajstić information content (AvgIpc) is 2.78. The number of hydrogen-bond acceptors (Lipinski definition) is 4. The highest BCUT2D eigenvalue weighted by atomic mass is 32.2. The molecule has 0 spiro atoms. The summed E-state index contributed by atoms with van der Waals surface area (Å²) in [6, 6.07) is 3.87. The van der Waals surface area contributed by atoms with E-state index in [4.69, 9.17) is 4.42 Å². The van der Waals surface area contributed by atoms with E-state index in [0.717, 1.165) is 30.9 Å². The molecule has 17 heavy (non-hydrogen) atoms.